The maximum Gasteiger partial charge on any atom is 0.243 e. The van der Waals surface area contributed by atoms with Crippen LogP contribution in [0.25, 0.3) is 0 Å². The highest BCUT2D eigenvalue weighted by molar-refractivity contribution is 9.10. The van der Waals surface area contributed by atoms with E-state index in [1.807, 2.05) is 12.1 Å². The zero-order valence-corrected chi connectivity index (χ0v) is 12.4. The average Bonchev–Trinajstić information content (AvgIpc) is 2.46. The number of carbonyl (C=O) groups excluding carboxylic acids is 1. The summed E-state index contributed by atoms with van der Waals surface area (Å²) in [5.74, 6) is -0.122. The van der Waals surface area contributed by atoms with Gasteiger partial charge in [0.05, 0.1) is 0 Å². The third-order valence-electron chi connectivity index (χ3n) is 3.69. The molecule has 1 aromatic carbocycles. The minimum absolute atomic E-state index is 0.0301. The van der Waals surface area contributed by atoms with Gasteiger partial charge in [-0.25, -0.2) is 0 Å². The zero-order chi connectivity index (χ0) is 13.7. The van der Waals surface area contributed by atoms with Crippen LogP contribution in [0.1, 0.15) is 18.4 Å². The summed E-state index contributed by atoms with van der Waals surface area (Å²) in [7, 11) is 0. The molecule has 1 amide bonds. The molecule has 1 aliphatic rings. The van der Waals surface area contributed by atoms with Crippen LogP contribution in [0.4, 0.5) is 0 Å². The van der Waals surface area contributed by atoms with Crippen LogP contribution in [0.5, 0.6) is 0 Å². The van der Waals surface area contributed by atoms with Gasteiger partial charge in [0.2, 0.25) is 5.91 Å². The summed E-state index contributed by atoms with van der Waals surface area (Å²) in [5.41, 5.74) is 1.22. The van der Waals surface area contributed by atoms with Gasteiger partial charge in [-0.05, 0) is 36.6 Å². The van der Waals surface area contributed by atoms with Gasteiger partial charge in [-0.3, -0.25) is 4.79 Å². The van der Waals surface area contributed by atoms with Crippen molar-refractivity contribution in [2.75, 3.05) is 19.8 Å². The second-order valence-electron chi connectivity index (χ2n) is 4.82. The van der Waals surface area contributed by atoms with Gasteiger partial charge in [0.25, 0.3) is 0 Å². The van der Waals surface area contributed by atoms with Crippen molar-refractivity contribution < 1.29 is 9.53 Å². The first-order chi connectivity index (χ1) is 9.16. The monoisotopic (exact) mass is 323 g/mol. The van der Waals surface area contributed by atoms with Crippen LogP contribution < -0.4 is 5.32 Å². The number of ether oxygens (including phenoxy) is 1. The minimum atomic E-state index is -0.122. The van der Waals surface area contributed by atoms with Crippen molar-refractivity contribution >= 4 is 21.8 Å². The van der Waals surface area contributed by atoms with Crippen LogP contribution in [-0.2, 0) is 14.9 Å². The number of amides is 1. The fourth-order valence-electron chi connectivity index (χ4n) is 2.46. The van der Waals surface area contributed by atoms with E-state index < -0.39 is 0 Å². The van der Waals surface area contributed by atoms with Crippen molar-refractivity contribution in [3.63, 3.8) is 0 Å². The Morgan fingerprint density at radius 1 is 1.37 bits per heavy atom. The van der Waals surface area contributed by atoms with Gasteiger partial charge in [0, 0.05) is 29.6 Å². The molecule has 0 saturated carbocycles. The SMILES string of the molecule is C=CC(=O)NCC1(c2ccc(Br)cc2)CCOCC1. The highest BCUT2D eigenvalue weighted by atomic mass is 79.9. The Hall–Kier alpha value is -1.13. The Kier molecular flexibility index (Phi) is 4.77. The number of hydrogen-bond acceptors (Lipinski definition) is 2. The summed E-state index contributed by atoms with van der Waals surface area (Å²) < 4.78 is 6.52. The van der Waals surface area contributed by atoms with E-state index >= 15 is 0 Å². The molecule has 1 N–H and O–H groups in total. The zero-order valence-electron chi connectivity index (χ0n) is 10.8. The van der Waals surface area contributed by atoms with E-state index in [1.165, 1.54) is 11.6 Å². The third-order valence-corrected chi connectivity index (χ3v) is 4.22. The second-order valence-corrected chi connectivity index (χ2v) is 5.74. The summed E-state index contributed by atoms with van der Waals surface area (Å²) in [6.45, 7) is 5.59. The lowest BCUT2D eigenvalue weighted by atomic mass is 9.74. The Labute approximate surface area is 122 Å². The number of halogens is 1. The summed E-state index contributed by atoms with van der Waals surface area (Å²) >= 11 is 3.45. The minimum Gasteiger partial charge on any atom is -0.381 e. The lowest BCUT2D eigenvalue weighted by molar-refractivity contribution is -0.117. The summed E-state index contributed by atoms with van der Waals surface area (Å²) in [4.78, 5) is 11.4. The van der Waals surface area contributed by atoms with E-state index in [1.54, 1.807) is 0 Å². The van der Waals surface area contributed by atoms with Gasteiger partial charge >= 0.3 is 0 Å². The molecular formula is C15H18BrNO2. The molecule has 102 valence electrons. The number of carbonyl (C=O) groups is 1. The smallest absolute Gasteiger partial charge is 0.243 e. The molecule has 0 aromatic heterocycles. The largest absolute Gasteiger partial charge is 0.381 e. The molecule has 1 heterocycles. The molecule has 0 unspecified atom stereocenters. The molecule has 4 heteroatoms. The van der Waals surface area contributed by atoms with Crippen molar-refractivity contribution in [1.29, 1.82) is 0 Å². The molecule has 1 saturated heterocycles. The van der Waals surface area contributed by atoms with E-state index in [9.17, 15) is 4.79 Å². The van der Waals surface area contributed by atoms with Crippen molar-refractivity contribution in [1.82, 2.24) is 5.32 Å². The Morgan fingerprint density at radius 2 is 2.00 bits per heavy atom. The van der Waals surface area contributed by atoms with Crippen LogP contribution in [-0.4, -0.2) is 25.7 Å². The molecule has 1 aromatic rings. The van der Waals surface area contributed by atoms with Gasteiger partial charge in [-0.15, -0.1) is 0 Å². The first-order valence-electron chi connectivity index (χ1n) is 6.40. The van der Waals surface area contributed by atoms with E-state index in [2.05, 4.69) is 40.0 Å². The molecule has 19 heavy (non-hydrogen) atoms. The summed E-state index contributed by atoms with van der Waals surface area (Å²) in [5, 5.41) is 2.93. The van der Waals surface area contributed by atoms with Crippen molar-refractivity contribution in [2.24, 2.45) is 0 Å². The van der Waals surface area contributed by atoms with E-state index in [0.717, 1.165) is 30.5 Å². The molecule has 1 aliphatic heterocycles. The van der Waals surface area contributed by atoms with Crippen LogP contribution in [0.2, 0.25) is 0 Å². The fraction of sp³-hybridized carbons (Fsp3) is 0.400. The van der Waals surface area contributed by atoms with Crippen LogP contribution in [0.15, 0.2) is 41.4 Å². The lowest BCUT2D eigenvalue weighted by Crippen LogP contribution is -2.44. The van der Waals surface area contributed by atoms with Crippen LogP contribution >= 0.6 is 15.9 Å². The number of rotatable bonds is 4. The van der Waals surface area contributed by atoms with Crippen molar-refractivity contribution in [3.8, 4) is 0 Å². The number of hydrogen-bond donors (Lipinski definition) is 1. The van der Waals surface area contributed by atoms with Crippen LogP contribution in [0, 0.1) is 0 Å². The van der Waals surface area contributed by atoms with Crippen LogP contribution in [0.3, 0.4) is 0 Å². The quantitative estimate of drug-likeness (QED) is 0.865. The predicted molar refractivity (Wildman–Crippen MR) is 79.1 cm³/mol. The molecular weight excluding hydrogens is 306 g/mol. The van der Waals surface area contributed by atoms with Gasteiger partial charge < -0.3 is 10.1 Å². The maximum absolute atomic E-state index is 11.4. The first-order valence-corrected chi connectivity index (χ1v) is 7.20. The molecule has 0 bridgehead atoms. The predicted octanol–water partition coefficient (Wildman–Crippen LogP) is 2.80. The van der Waals surface area contributed by atoms with E-state index in [0.29, 0.717) is 6.54 Å². The normalized spacial score (nSPS) is 17.7. The Bertz CT molecular complexity index is 450. The van der Waals surface area contributed by atoms with Gasteiger partial charge in [0.15, 0.2) is 0 Å². The number of nitrogens with one attached hydrogen (secondary N) is 1. The standard InChI is InChI=1S/C15H18BrNO2/c1-2-14(18)17-11-15(7-9-19-10-8-15)12-3-5-13(16)6-4-12/h2-6H,1,7-11H2,(H,17,18). The maximum atomic E-state index is 11.4. The highest BCUT2D eigenvalue weighted by Crippen LogP contribution is 2.34. The Morgan fingerprint density at radius 3 is 2.58 bits per heavy atom. The third kappa shape index (κ3) is 3.45. The van der Waals surface area contributed by atoms with E-state index in [4.69, 9.17) is 4.74 Å². The van der Waals surface area contributed by atoms with Gasteiger partial charge in [-0.2, -0.15) is 0 Å². The van der Waals surface area contributed by atoms with Gasteiger partial charge in [0.1, 0.15) is 0 Å². The molecule has 0 spiro atoms. The Balaban J connectivity index is 2.20. The first kappa shape index (κ1) is 14.3. The fourth-order valence-corrected chi connectivity index (χ4v) is 2.73. The molecule has 0 atom stereocenters. The number of benzene rings is 1. The van der Waals surface area contributed by atoms with Crippen molar-refractivity contribution in [3.05, 3.63) is 47.0 Å². The highest BCUT2D eigenvalue weighted by Gasteiger charge is 2.34. The molecule has 0 aliphatic carbocycles. The molecule has 0 radical (unpaired) electrons. The van der Waals surface area contributed by atoms with E-state index in [-0.39, 0.29) is 11.3 Å². The van der Waals surface area contributed by atoms with Gasteiger partial charge in [-0.1, -0.05) is 34.6 Å². The summed E-state index contributed by atoms with van der Waals surface area (Å²) in [6, 6.07) is 8.33. The topological polar surface area (TPSA) is 38.3 Å². The lowest BCUT2D eigenvalue weighted by Gasteiger charge is -2.37. The summed E-state index contributed by atoms with van der Waals surface area (Å²) in [6.07, 6.45) is 3.16. The molecule has 3 nitrogen and oxygen atoms in total. The average molecular weight is 324 g/mol. The molecule has 1 fully saturated rings. The van der Waals surface area contributed by atoms with Crippen molar-refractivity contribution in [2.45, 2.75) is 18.3 Å². The second kappa shape index (κ2) is 6.35. The molecule has 2 rings (SSSR count).